The largest absolute Gasteiger partial charge is 0.477 e. The van der Waals surface area contributed by atoms with Gasteiger partial charge < -0.3 is 20.4 Å². The minimum absolute atomic E-state index is 0.0377. The highest BCUT2D eigenvalue weighted by atomic mass is 32.2. The van der Waals surface area contributed by atoms with Crippen molar-refractivity contribution in [3.63, 3.8) is 0 Å². The van der Waals surface area contributed by atoms with Crippen LogP contribution < -0.4 is 5.32 Å². The van der Waals surface area contributed by atoms with E-state index in [2.05, 4.69) is 12.2 Å². The van der Waals surface area contributed by atoms with Gasteiger partial charge in [-0.3, -0.25) is 4.79 Å². The number of aliphatic carboxylic acids is 1. The third kappa shape index (κ3) is 2.26. The molecule has 7 heteroatoms. The first-order chi connectivity index (χ1) is 10.3. The molecule has 2 fully saturated rings. The fourth-order valence-electron chi connectivity index (χ4n) is 3.84. The molecule has 0 spiro atoms. The van der Waals surface area contributed by atoms with Gasteiger partial charge in [0.25, 0.3) is 0 Å². The lowest BCUT2D eigenvalue weighted by atomic mass is 9.79. The predicted octanol–water partition coefficient (Wildman–Crippen LogP) is 0.624. The van der Waals surface area contributed by atoms with Gasteiger partial charge in [0.1, 0.15) is 5.70 Å². The quantitative estimate of drug-likeness (QED) is 0.656. The molecule has 6 atom stereocenters. The number of carboxylic acids is 1. The third-order valence-corrected chi connectivity index (χ3v) is 6.43. The molecule has 2 saturated heterocycles. The number of aliphatic hydroxyl groups is 1. The molecule has 3 rings (SSSR count). The molecule has 3 N–H and O–H groups in total. The van der Waals surface area contributed by atoms with Crippen molar-refractivity contribution in [2.24, 2.45) is 11.8 Å². The van der Waals surface area contributed by atoms with Crippen molar-refractivity contribution in [1.29, 1.82) is 0 Å². The second kappa shape index (κ2) is 5.54. The Labute approximate surface area is 133 Å². The van der Waals surface area contributed by atoms with Crippen LogP contribution in [0.1, 0.15) is 27.2 Å². The summed E-state index contributed by atoms with van der Waals surface area (Å²) in [6.45, 7) is 6.53. The van der Waals surface area contributed by atoms with E-state index in [0.717, 1.165) is 17.9 Å². The minimum atomic E-state index is -1.05. The van der Waals surface area contributed by atoms with Crippen LogP contribution >= 0.6 is 11.8 Å². The topological polar surface area (TPSA) is 89.9 Å². The van der Waals surface area contributed by atoms with Crippen molar-refractivity contribution >= 4 is 23.6 Å². The number of thioether (sulfide) groups is 1. The number of rotatable bonds is 4. The summed E-state index contributed by atoms with van der Waals surface area (Å²) in [7, 11) is 0. The number of nitrogens with zero attached hydrogens (tertiary/aromatic N) is 1. The molecule has 0 aromatic rings. The van der Waals surface area contributed by atoms with Gasteiger partial charge in [0.2, 0.25) is 5.91 Å². The number of amides is 1. The molecule has 3 heterocycles. The number of hydrogen-bond acceptors (Lipinski definition) is 5. The molecule has 0 aromatic heterocycles. The lowest BCUT2D eigenvalue weighted by Gasteiger charge is -2.46. The van der Waals surface area contributed by atoms with Crippen molar-refractivity contribution in [3.8, 4) is 0 Å². The highest BCUT2D eigenvalue weighted by Gasteiger charge is 2.60. The summed E-state index contributed by atoms with van der Waals surface area (Å²) in [4.78, 5) is 26.1. The first-order valence-corrected chi connectivity index (χ1v) is 8.59. The van der Waals surface area contributed by atoms with Crippen LogP contribution in [0.4, 0.5) is 0 Å². The van der Waals surface area contributed by atoms with Crippen LogP contribution in [0, 0.1) is 11.8 Å². The van der Waals surface area contributed by atoms with Gasteiger partial charge in [-0.2, -0.15) is 0 Å². The summed E-state index contributed by atoms with van der Waals surface area (Å²) in [6.07, 6.45) is 0.246. The van der Waals surface area contributed by atoms with Gasteiger partial charge in [0.15, 0.2) is 0 Å². The van der Waals surface area contributed by atoms with E-state index in [1.807, 2.05) is 6.92 Å². The minimum Gasteiger partial charge on any atom is -0.477 e. The van der Waals surface area contributed by atoms with Crippen LogP contribution in [0.5, 0.6) is 0 Å². The molecule has 1 amide bonds. The predicted molar refractivity (Wildman–Crippen MR) is 83.1 cm³/mol. The number of carboxylic acid groups (broad SMARTS) is 1. The first kappa shape index (κ1) is 15.8. The van der Waals surface area contributed by atoms with E-state index < -0.39 is 18.0 Å². The molecule has 0 aromatic carbocycles. The Morgan fingerprint density at radius 3 is 2.64 bits per heavy atom. The lowest BCUT2D eigenvalue weighted by molar-refractivity contribution is -0.163. The molecule has 0 bridgehead atoms. The van der Waals surface area contributed by atoms with Crippen molar-refractivity contribution in [2.75, 3.05) is 6.54 Å². The lowest BCUT2D eigenvalue weighted by Crippen LogP contribution is -2.63. The number of carbonyl (C=O) groups is 2. The van der Waals surface area contributed by atoms with Crippen molar-refractivity contribution in [2.45, 2.75) is 50.6 Å². The third-order valence-electron chi connectivity index (χ3n) is 4.92. The monoisotopic (exact) mass is 326 g/mol. The van der Waals surface area contributed by atoms with Gasteiger partial charge in [-0.1, -0.05) is 6.92 Å². The number of hydrogen-bond donors (Lipinski definition) is 3. The van der Waals surface area contributed by atoms with Crippen molar-refractivity contribution in [3.05, 3.63) is 10.6 Å². The Hall–Kier alpha value is -1.05. The zero-order valence-corrected chi connectivity index (χ0v) is 13.8. The van der Waals surface area contributed by atoms with Gasteiger partial charge in [-0.15, -0.1) is 11.8 Å². The Morgan fingerprint density at radius 2 is 2.14 bits per heavy atom. The SMILES string of the molecule is CC1CC(SC2=C(C(=O)O)N3C(=O)C(C(C)O)[C@H]3C2C)CN1. The summed E-state index contributed by atoms with van der Waals surface area (Å²) in [6, 6.07) is 0.222. The summed E-state index contributed by atoms with van der Waals surface area (Å²) in [5, 5.41) is 23.1. The molecule has 0 radical (unpaired) electrons. The van der Waals surface area contributed by atoms with Crippen molar-refractivity contribution in [1.82, 2.24) is 10.2 Å². The Bertz CT molecular complexity index is 548. The van der Waals surface area contributed by atoms with E-state index in [0.29, 0.717) is 11.3 Å². The van der Waals surface area contributed by atoms with E-state index in [1.54, 1.807) is 18.7 Å². The number of aliphatic hydroxyl groups excluding tert-OH is 1. The maximum Gasteiger partial charge on any atom is 0.353 e. The average Bonchev–Trinajstić information content (AvgIpc) is 2.92. The molecule has 5 unspecified atom stereocenters. The summed E-state index contributed by atoms with van der Waals surface area (Å²) in [5.74, 6) is -1.83. The average molecular weight is 326 g/mol. The van der Waals surface area contributed by atoms with Crippen LogP contribution in [0.15, 0.2) is 10.6 Å². The highest BCUT2D eigenvalue weighted by Crippen LogP contribution is 2.51. The Morgan fingerprint density at radius 1 is 1.45 bits per heavy atom. The molecule has 0 saturated carbocycles. The van der Waals surface area contributed by atoms with Crippen LogP contribution in [0.25, 0.3) is 0 Å². The molecular weight excluding hydrogens is 304 g/mol. The highest BCUT2D eigenvalue weighted by molar-refractivity contribution is 8.03. The smallest absolute Gasteiger partial charge is 0.353 e. The molecule has 3 aliphatic rings. The fourth-order valence-corrected chi connectivity index (χ4v) is 5.42. The molecule has 22 heavy (non-hydrogen) atoms. The van der Waals surface area contributed by atoms with E-state index in [-0.39, 0.29) is 23.6 Å². The fraction of sp³-hybridized carbons (Fsp3) is 0.733. The van der Waals surface area contributed by atoms with E-state index in [1.165, 1.54) is 4.90 Å². The molecule has 6 nitrogen and oxygen atoms in total. The second-order valence-corrected chi connectivity index (χ2v) is 7.90. The van der Waals surface area contributed by atoms with Gasteiger partial charge in [0, 0.05) is 28.7 Å². The second-order valence-electron chi connectivity index (χ2n) is 6.56. The number of fused-ring (bicyclic) bond motifs is 1. The van der Waals surface area contributed by atoms with Gasteiger partial charge in [-0.05, 0) is 20.3 Å². The van der Waals surface area contributed by atoms with E-state index >= 15 is 0 Å². The normalized spacial score (nSPS) is 39.0. The maximum absolute atomic E-state index is 12.2. The molecule has 3 aliphatic heterocycles. The Balaban J connectivity index is 1.87. The van der Waals surface area contributed by atoms with E-state index in [9.17, 15) is 19.8 Å². The Kier molecular flexibility index (Phi) is 3.99. The standard InChI is InChI=1S/C15H22N2O4S/c1-6-4-9(5-16-6)22-13-7(2)11-10(8(3)18)14(19)17(11)12(13)15(20)21/h6-11,16,18H,4-5H2,1-3H3,(H,20,21)/t6?,7?,8?,9?,10?,11-/m1/s1. The molecule has 0 aliphatic carbocycles. The van der Waals surface area contributed by atoms with Crippen LogP contribution in [0.2, 0.25) is 0 Å². The van der Waals surface area contributed by atoms with E-state index in [4.69, 9.17) is 0 Å². The molecule has 122 valence electrons. The summed E-state index contributed by atoms with van der Waals surface area (Å²) >= 11 is 1.59. The summed E-state index contributed by atoms with van der Waals surface area (Å²) < 4.78 is 0. The maximum atomic E-state index is 12.2. The number of β-lactam (4-membered cyclic amide) rings is 1. The van der Waals surface area contributed by atoms with Crippen LogP contribution in [0.3, 0.4) is 0 Å². The first-order valence-electron chi connectivity index (χ1n) is 7.71. The van der Waals surface area contributed by atoms with Gasteiger partial charge in [-0.25, -0.2) is 4.79 Å². The van der Waals surface area contributed by atoms with Crippen LogP contribution in [-0.2, 0) is 9.59 Å². The zero-order chi connectivity index (χ0) is 16.2. The number of nitrogens with one attached hydrogen (secondary N) is 1. The molecular formula is C15H22N2O4S. The zero-order valence-electron chi connectivity index (χ0n) is 12.9. The van der Waals surface area contributed by atoms with Gasteiger partial charge in [0.05, 0.1) is 18.1 Å². The summed E-state index contributed by atoms with van der Waals surface area (Å²) in [5.41, 5.74) is 0.129. The van der Waals surface area contributed by atoms with Crippen LogP contribution in [-0.4, -0.2) is 57.0 Å². The number of carbonyl (C=O) groups excluding carboxylic acids is 1. The van der Waals surface area contributed by atoms with Crippen molar-refractivity contribution < 1.29 is 19.8 Å². The van der Waals surface area contributed by atoms with Gasteiger partial charge >= 0.3 is 5.97 Å².